The number of amides is 1. The summed E-state index contributed by atoms with van der Waals surface area (Å²) in [6.07, 6.45) is 8.35. The Hall–Kier alpha value is -0.610. The first-order valence-corrected chi connectivity index (χ1v) is 8.46. The van der Waals surface area contributed by atoms with Gasteiger partial charge >= 0.3 is 0 Å². The second-order valence-corrected chi connectivity index (χ2v) is 6.47. The number of rotatable bonds is 5. The van der Waals surface area contributed by atoms with E-state index in [1.165, 1.54) is 32.1 Å². The van der Waals surface area contributed by atoms with Gasteiger partial charge in [-0.3, -0.25) is 9.69 Å². The Kier molecular flexibility index (Phi) is 6.30. The molecule has 2 aliphatic heterocycles. The molecule has 4 nitrogen and oxygen atoms in total. The van der Waals surface area contributed by atoms with E-state index in [0.717, 1.165) is 39.0 Å². The number of hydrogen-bond acceptors (Lipinski definition) is 3. The first-order chi connectivity index (χ1) is 9.74. The van der Waals surface area contributed by atoms with Gasteiger partial charge < -0.3 is 10.6 Å². The maximum Gasteiger partial charge on any atom is 0.236 e. The Morgan fingerprint density at radius 3 is 2.80 bits per heavy atom. The Morgan fingerprint density at radius 2 is 2.05 bits per heavy atom. The Morgan fingerprint density at radius 1 is 1.20 bits per heavy atom. The molecule has 2 rings (SSSR count). The van der Waals surface area contributed by atoms with Crippen molar-refractivity contribution in [1.82, 2.24) is 9.80 Å². The van der Waals surface area contributed by atoms with E-state index in [2.05, 4.69) is 16.7 Å². The van der Waals surface area contributed by atoms with Gasteiger partial charge in [0.25, 0.3) is 0 Å². The lowest BCUT2D eigenvalue weighted by Gasteiger charge is -2.38. The quantitative estimate of drug-likeness (QED) is 0.836. The average molecular weight is 281 g/mol. The lowest BCUT2D eigenvalue weighted by atomic mass is 9.94. The first kappa shape index (κ1) is 15.8. The molecule has 0 bridgehead atoms. The van der Waals surface area contributed by atoms with E-state index in [0.29, 0.717) is 24.4 Å². The van der Waals surface area contributed by atoms with Crippen LogP contribution in [-0.2, 0) is 4.79 Å². The van der Waals surface area contributed by atoms with Crippen molar-refractivity contribution in [2.75, 3.05) is 32.7 Å². The van der Waals surface area contributed by atoms with E-state index in [9.17, 15) is 4.79 Å². The molecule has 4 heteroatoms. The van der Waals surface area contributed by atoms with E-state index < -0.39 is 0 Å². The lowest BCUT2D eigenvalue weighted by molar-refractivity contribution is -0.136. The van der Waals surface area contributed by atoms with Crippen LogP contribution in [-0.4, -0.2) is 54.5 Å². The molecular formula is C16H31N3O. The largest absolute Gasteiger partial charge is 0.339 e. The number of piperidine rings is 2. The molecule has 0 radical (unpaired) electrons. The normalized spacial score (nSPS) is 28.6. The molecule has 0 aromatic heterocycles. The minimum atomic E-state index is 0.352. The molecule has 0 spiro atoms. The highest BCUT2D eigenvalue weighted by atomic mass is 16.2. The summed E-state index contributed by atoms with van der Waals surface area (Å²) in [6.45, 7) is 6.71. The fraction of sp³-hybridized carbons (Fsp3) is 0.938. The van der Waals surface area contributed by atoms with Crippen LogP contribution < -0.4 is 5.73 Å². The summed E-state index contributed by atoms with van der Waals surface area (Å²) >= 11 is 0. The highest BCUT2D eigenvalue weighted by Gasteiger charge is 2.28. The zero-order valence-corrected chi connectivity index (χ0v) is 13.0. The molecule has 2 fully saturated rings. The van der Waals surface area contributed by atoms with E-state index in [-0.39, 0.29) is 0 Å². The third-order valence-electron chi connectivity index (χ3n) is 4.96. The molecule has 0 saturated carbocycles. The van der Waals surface area contributed by atoms with Gasteiger partial charge in [0.1, 0.15) is 0 Å². The van der Waals surface area contributed by atoms with Crippen molar-refractivity contribution in [3.05, 3.63) is 0 Å². The zero-order valence-electron chi connectivity index (χ0n) is 13.0. The molecule has 2 saturated heterocycles. The Labute approximate surface area is 123 Å². The van der Waals surface area contributed by atoms with Crippen LogP contribution in [0.25, 0.3) is 0 Å². The average Bonchev–Trinajstić information content (AvgIpc) is 2.48. The summed E-state index contributed by atoms with van der Waals surface area (Å²) < 4.78 is 0. The number of nitrogens with two attached hydrogens (primary N) is 1. The smallest absolute Gasteiger partial charge is 0.236 e. The maximum atomic E-state index is 12.6. The summed E-state index contributed by atoms with van der Waals surface area (Å²) in [6, 6.07) is 0.487. The summed E-state index contributed by atoms with van der Waals surface area (Å²) in [5, 5.41) is 0. The van der Waals surface area contributed by atoms with Gasteiger partial charge in [-0.1, -0.05) is 6.92 Å². The van der Waals surface area contributed by atoms with Crippen LogP contribution in [0.5, 0.6) is 0 Å². The summed E-state index contributed by atoms with van der Waals surface area (Å²) in [5.74, 6) is 1.05. The summed E-state index contributed by atoms with van der Waals surface area (Å²) in [4.78, 5) is 17.1. The Bertz CT molecular complexity index is 306. The molecule has 2 unspecified atom stereocenters. The molecule has 2 atom stereocenters. The molecule has 2 heterocycles. The van der Waals surface area contributed by atoms with Crippen molar-refractivity contribution in [3.8, 4) is 0 Å². The van der Waals surface area contributed by atoms with E-state index >= 15 is 0 Å². The second-order valence-electron chi connectivity index (χ2n) is 6.47. The molecule has 0 aromatic rings. The van der Waals surface area contributed by atoms with Crippen LogP contribution in [0.2, 0.25) is 0 Å². The van der Waals surface area contributed by atoms with Gasteiger partial charge in [-0.15, -0.1) is 0 Å². The van der Waals surface area contributed by atoms with E-state index in [1.807, 2.05) is 0 Å². The number of carbonyl (C=O) groups is 1. The highest BCUT2D eigenvalue weighted by Crippen LogP contribution is 2.22. The third-order valence-corrected chi connectivity index (χ3v) is 4.96. The SMILES string of the molecule is CCC1CCCCN1C(=O)CN1CCCC(CCN)C1. The van der Waals surface area contributed by atoms with Crippen LogP contribution in [0.3, 0.4) is 0 Å². The fourth-order valence-electron chi connectivity index (χ4n) is 3.80. The molecule has 116 valence electrons. The molecule has 1 amide bonds. The second kappa shape index (κ2) is 7.99. The minimum absolute atomic E-state index is 0.352. The number of nitrogens with zero attached hydrogens (tertiary/aromatic N) is 2. The number of hydrogen-bond donors (Lipinski definition) is 1. The van der Waals surface area contributed by atoms with Crippen LogP contribution in [0.1, 0.15) is 51.9 Å². The van der Waals surface area contributed by atoms with Crippen molar-refractivity contribution < 1.29 is 4.79 Å². The predicted molar refractivity (Wildman–Crippen MR) is 82.5 cm³/mol. The lowest BCUT2D eigenvalue weighted by Crippen LogP contribution is -2.49. The number of carbonyl (C=O) groups excluding carboxylic acids is 1. The van der Waals surface area contributed by atoms with Crippen molar-refractivity contribution >= 4 is 5.91 Å². The van der Waals surface area contributed by atoms with Gasteiger partial charge in [0.15, 0.2) is 0 Å². The summed E-state index contributed by atoms with van der Waals surface area (Å²) in [7, 11) is 0. The monoisotopic (exact) mass is 281 g/mol. The van der Waals surface area contributed by atoms with Crippen LogP contribution in [0.15, 0.2) is 0 Å². The molecule has 20 heavy (non-hydrogen) atoms. The molecule has 0 aliphatic carbocycles. The van der Waals surface area contributed by atoms with Crippen LogP contribution in [0.4, 0.5) is 0 Å². The van der Waals surface area contributed by atoms with Crippen molar-refractivity contribution in [1.29, 1.82) is 0 Å². The highest BCUT2D eigenvalue weighted by molar-refractivity contribution is 5.78. The molecule has 0 aromatic carbocycles. The maximum absolute atomic E-state index is 12.6. The van der Waals surface area contributed by atoms with Crippen molar-refractivity contribution in [2.24, 2.45) is 11.7 Å². The molecule has 2 N–H and O–H groups in total. The van der Waals surface area contributed by atoms with E-state index in [1.54, 1.807) is 0 Å². The first-order valence-electron chi connectivity index (χ1n) is 8.46. The van der Waals surface area contributed by atoms with Gasteiger partial charge in [0.2, 0.25) is 5.91 Å². The van der Waals surface area contributed by atoms with Crippen LogP contribution >= 0.6 is 0 Å². The topological polar surface area (TPSA) is 49.6 Å². The minimum Gasteiger partial charge on any atom is -0.339 e. The Balaban J connectivity index is 1.83. The standard InChI is InChI=1S/C16H31N3O/c1-2-15-7-3-4-11-19(15)16(20)13-18-10-5-6-14(12-18)8-9-17/h14-15H,2-13,17H2,1H3. The van der Waals surface area contributed by atoms with E-state index in [4.69, 9.17) is 5.73 Å². The van der Waals surface area contributed by atoms with Crippen molar-refractivity contribution in [3.63, 3.8) is 0 Å². The predicted octanol–water partition coefficient (Wildman–Crippen LogP) is 1.84. The van der Waals surface area contributed by atoms with Gasteiger partial charge in [0.05, 0.1) is 6.54 Å². The van der Waals surface area contributed by atoms with Gasteiger partial charge in [-0.05, 0) is 64.0 Å². The van der Waals surface area contributed by atoms with Gasteiger partial charge in [-0.2, -0.15) is 0 Å². The fourth-order valence-corrected chi connectivity index (χ4v) is 3.80. The van der Waals surface area contributed by atoms with Gasteiger partial charge in [-0.25, -0.2) is 0 Å². The van der Waals surface area contributed by atoms with Crippen LogP contribution in [0, 0.1) is 5.92 Å². The third kappa shape index (κ3) is 4.19. The molecule has 2 aliphatic rings. The zero-order chi connectivity index (χ0) is 14.4. The summed E-state index contributed by atoms with van der Waals surface area (Å²) in [5.41, 5.74) is 5.67. The van der Waals surface area contributed by atoms with Crippen molar-refractivity contribution in [2.45, 2.75) is 57.9 Å². The number of likely N-dealkylation sites (tertiary alicyclic amines) is 2. The van der Waals surface area contributed by atoms with Gasteiger partial charge in [0, 0.05) is 19.1 Å². The molecular weight excluding hydrogens is 250 g/mol.